The third-order valence-electron chi connectivity index (χ3n) is 3.56. The fraction of sp³-hybridized carbons (Fsp3) is 0.588. The zero-order valence-electron chi connectivity index (χ0n) is 13.6. The Kier molecular flexibility index (Phi) is 5.40. The predicted octanol–water partition coefficient (Wildman–Crippen LogP) is 3.31. The number of carbonyl (C=O) groups excluding carboxylic acids is 1. The summed E-state index contributed by atoms with van der Waals surface area (Å²) in [5.74, 6) is -0.224. The van der Waals surface area contributed by atoms with Crippen molar-refractivity contribution in [2.75, 3.05) is 13.1 Å². The average molecular weight is 308 g/mol. The molecule has 1 fully saturated rings. The van der Waals surface area contributed by atoms with Crippen LogP contribution >= 0.6 is 0 Å². The van der Waals surface area contributed by atoms with Crippen LogP contribution in [0.3, 0.4) is 0 Å². The van der Waals surface area contributed by atoms with Gasteiger partial charge < -0.3 is 15.0 Å². The molecule has 0 aliphatic carbocycles. The van der Waals surface area contributed by atoms with Crippen LogP contribution in [0, 0.1) is 5.82 Å². The number of ether oxygens (including phenoxy) is 1. The first-order valence-electron chi connectivity index (χ1n) is 7.79. The number of nitrogens with one attached hydrogen (secondary N) is 1. The number of nitrogens with zero attached hydrogens (tertiary/aromatic N) is 1. The summed E-state index contributed by atoms with van der Waals surface area (Å²) in [7, 11) is 0. The highest BCUT2D eigenvalue weighted by Crippen LogP contribution is 2.16. The van der Waals surface area contributed by atoms with E-state index in [1.54, 1.807) is 11.0 Å². The van der Waals surface area contributed by atoms with Crippen molar-refractivity contribution < 1.29 is 13.9 Å². The van der Waals surface area contributed by atoms with Gasteiger partial charge in [-0.25, -0.2) is 9.18 Å². The molecule has 0 aromatic heterocycles. The van der Waals surface area contributed by atoms with E-state index in [0.717, 1.165) is 24.9 Å². The highest BCUT2D eigenvalue weighted by Gasteiger charge is 2.27. The van der Waals surface area contributed by atoms with E-state index in [4.69, 9.17) is 4.74 Å². The Morgan fingerprint density at radius 2 is 2.23 bits per heavy atom. The molecule has 0 radical (unpaired) electrons. The van der Waals surface area contributed by atoms with Gasteiger partial charge in [-0.1, -0.05) is 12.1 Å². The molecule has 1 aliphatic rings. The molecule has 2 rings (SSSR count). The first-order valence-corrected chi connectivity index (χ1v) is 7.79. The van der Waals surface area contributed by atoms with Crippen LogP contribution in [0.15, 0.2) is 24.3 Å². The molecule has 122 valence electrons. The van der Waals surface area contributed by atoms with Crippen LogP contribution in [0.4, 0.5) is 9.18 Å². The fourth-order valence-electron chi connectivity index (χ4n) is 2.55. The van der Waals surface area contributed by atoms with Crippen LogP contribution in [0.5, 0.6) is 0 Å². The minimum Gasteiger partial charge on any atom is -0.444 e. The quantitative estimate of drug-likeness (QED) is 0.931. The van der Waals surface area contributed by atoms with E-state index in [-0.39, 0.29) is 18.0 Å². The van der Waals surface area contributed by atoms with Crippen LogP contribution in [-0.4, -0.2) is 35.7 Å². The molecule has 0 saturated carbocycles. The normalized spacial score (nSPS) is 19.1. The van der Waals surface area contributed by atoms with Gasteiger partial charge in [0.15, 0.2) is 0 Å². The molecule has 4 nitrogen and oxygen atoms in total. The van der Waals surface area contributed by atoms with E-state index < -0.39 is 5.60 Å². The average Bonchev–Trinajstić information content (AvgIpc) is 2.44. The lowest BCUT2D eigenvalue weighted by atomic mass is 10.1. The summed E-state index contributed by atoms with van der Waals surface area (Å²) < 4.78 is 18.6. The molecule has 22 heavy (non-hydrogen) atoms. The van der Waals surface area contributed by atoms with Gasteiger partial charge in [-0.05, 0) is 51.3 Å². The molecule has 0 spiro atoms. The van der Waals surface area contributed by atoms with Crippen molar-refractivity contribution in [1.82, 2.24) is 10.2 Å². The molecule has 1 aromatic carbocycles. The Morgan fingerprint density at radius 3 is 2.91 bits per heavy atom. The molecule has 0 unspecified atom stereocenters. The molecular formula is C17H25FN2O2. The van der Waals surface area contributed by atoms with Gasteiger partial charge in [0.05, 0.1) is 0 Å². The van der Waals surface area contributed by atoms with E-state index >= 15 is 0 Å². The fourth-order valence-corrected chi connectivity index (χ4v) is 2.55. The van der Waals surface area contributed by atoms with E-state index in [0.29, 0.717) is 13.1 Å². The molecule has 1 saturated heterocycles. The summed E-state index contributed by atoms with van der Waals surface area (Å²) in [6, 6.07) is 6.78. The minimum atomic E-state index is -0.473. The molecule has 1 amide bonds. The van der Waals surface area contributed by atoms with Crippen LogP contribution in [0.2, 0.25) is 0 Å². The number of benzene rings is 1. The molecular weight excluding hydrogens is 283 g/mol. The van der Waals surface area contributed by atoms with Gasteiger partial charge in [0.25, 0.3) is 0 Å². The molecule has 1 aromatic rings. The van der Waals surface area contributed by atoms with Crippen LogP contribution in [-0.2, 0) is 11.3 Å². The first-order chi connectivity index (χ1) is 10.3. The second-order valence-electron chi connectivity index (χ2n) is 6.78. The Labute approximate surface area is 131 Å². The molecule has 1 atom stereocenters. The van der Waals surface area contributed by atoms with Crippen LogP contribution < -0.4 is 5.32 Å². The van der Waals surface area contributed by atoms with E-state index in [9.17, 15) is 9.18 Å². The van der Waals surface area contributed by atoms with E-state index in [2.05, 4.69) is 5.32 Å². The van der Waals surface area contributed by atoms with Crippen molar-refractivity contribution in [2.24, 2.45) is 0 Å². The molecule has 0 bridgehead atoms. The molecule has 1 N–H and O–H groups in total. The first kappa shape index (κ1) is 16.7. The van der Waals surface area contributed by atoms with Crippen molar-refractivity contribution in [3.8, 4) is 0 Å². The second kappa shape index (κ2) is 7.09. The smallest absolute Gasteiger partial charge is 0.410 e. The number of piperidine rings is 1. The maximum absolute atomic E-state index is 13.2. The lowest BCUT2D eigenvalue weighted by Crippen LogP contribution is -2.49. The van der Waals surface area contributed by atoms with Crippen molar-refractivity contribution >= 4 is 6.09 Å². The summed E-state index contributed by atoms with van der Waals surface area (Å²) in [5.41, 5.74) is 0.438. The Balaban J connectivity index is 1.84. The van der Waals surface area contributed by atoms with Crippen molar-refractivity contribution in [3.63, 3.8) is 0 Å². The van der Waals surface area contributed by atoms with Gasteiger partial charge >= 0.3 is 6.09 Å². The highest BCUT2D eigenvalue weighted by atomic mass is 19.1. The summed E-state index contributed by atoms with van der Waals surface area (Å²) in [6.45, 7) is 7.57. The number of likely N-dealkylation sites (tertiary alicyclic amines) is 1. The van der Waals surface area contributed by atoms with Gasteiger partial charge in [-0.2, -0.15) is 0 Å². The number of hydrogen-bond donors (Lipinski definition) is 1. The van der Waals surface area contributed by atoms with Crippen LogP contribution in [0.1, 0.15) is 39.2 Å². The Morgan fingerprint density at radius 1 is 1.45 bits per heavy atom. The van der Waals surface area contributed by atoms with E-state index in [1.165, 1.54) is 12.1 Å². The zero-order chi connectivity index (χ0) is 16.2. The van der Waals surface area contributed by atoms with Gasteiger partial charge in [0.2, 0.25) is 0 Å². The molecule has 5 heteroatoms. The third-order valence-corrected chi connectivity index (χ3v) is 3.56. The van der Waals surface area contributed by atoms with Crippen molar-refractivity contribution in [3.05, 3.63) is 35.6 Å². The lowest BCUT2D eigenvalue weighted by Gasteiger charge is -2.34. The number of amides is 1. The number of rotatable bonds is 3. The number of carbonyl (C=O) groups is 1. The predicted molar refractivity (Wildman–Crippen MR) is 84.1 cm³/mol. The van der Waals surface area contributed by atoms with Gasteiger partial charge in [0.1, 0.15) is 11.4 Å². The molecule has 1 heterocycles. The summed E-state index contributed by atoms with van der Waals surface area (Å²) in [4.78, 5) is 13.9. The summed E-state index contributed by atoms with van der Waals surface area (Å²) >= 11 is 0. The largest absolute Gasteiger partial charge is 0.444 e. The second-order valence-corrected chi connectivity index (χ2v) is 6.78. The van der Waals surface area contributed by atoms with Crippen molar-refractivity contribution in [2.45, 2.75) is 51.8 Å². The Bertz CT molecular complexity index is 514. The molecule has 1 aliphatic heterocycles. The lowest BCUT2D eigenvalue weighted by molar-refractivity contribution is 0.0187. The maximum Gasteiger partial charge on any atom is 0.410 e. The monoisotopic (exact) mass is 308 g/mol. The maximum atomic E-state index is 13.2. The Hall–Kier alpha value is -1.62. The SMILES string of the molecule is CC(C)(C)OC(=O)N1CCC[C@H](NCc2cccc(F)c2)C1. The summed E-state index contributed by atoms with van der Waals surface area (Å²) in [5, 5.41) is 3.40. The van der Waals surface area contributed by atoms with Gasteiger partial charge in [-0.3, -0.25) is 0 Å². The van der Waals surface area contributed by atoms with Crippen molar-refractivity contribution in [1.29, 1.82) is 0 Å². The minimum absolute atomic E-state index is 0.213. The number of hydrogen-bond acceptors (Lipinski definition) is 3. The highest BCUT2D eigenvalue weighted by molar-refractivity contribution is 5.68. The van der Waals surface area contributed by atoms with Crippen LogP contribution in [0.25, 0.3) is 0 Å². The zero-order valence-corrected chi connectivity index (χ0v) is 13.6. The standard InChI is InChI=1S/C17H25FN2O2/c1-17(2,3)22-16(21)20-9-5-8-15(12-20)19-11-13-6-4-7-14(18)10-13/h4,6-7,10,15,19H,5,8-9,11-12H2,1-3H3/t15-/m0/s1. The topological polar surface area (TPSA) is 41.6 Å². The van der Waals surface area contributed by atoms with Gasteiger partial charge in [0, 0.05) is 25.7 Å². The summed E-state index contributed by atoms with van der Waals surface area (Å²) in [6.07, 6.45) is 1.69. The van der Waals surface area contributed by atoms with Gasteiger partial charge in [-0.15, -0.1) is 0 Å². The third kappa shape index (κ3) is 5.30. The van der Waals surface area contributed by atoms with E-state index in [1.807, 2.05) is 26.8 Å². The number of halogens is 1.